The lowest BCUT2D eigenvalue weighted by atomic mass is 10.0. The van der Waals surface area contributed by atoms with Gasteiger partial charge in [0.05, 0.1) is 18.8 Å². The zero-order valence-corrected chi connectivity index (χ0v) is 40.2. The highest BCUT2D eigenvalue weighted by Gasteiger charge is 2.22. The molecular weight excluding hydrogens is 727 g/mol. The largest absolute Gasteiger partial charge is 0.394 e. The number of rotatable bonds is 50. The standard InChI is InChI=1S/C54H107NO4/c1-3-5-7-9-11-13-15-17-19-20-21-22-23-24-25-26-27-28-29-30-31-32-33-35-37-39-41-43-45-47-49-53(58)54(59)55-51(50-56)52(57)48-46-44-42-40-38-36-34-18-16-14-12-10-8-6-4-2/h46,48,51-53,56-58H,3-45,47,49-50H2,1-2H3,(H,55,59)/b48-46+. The van der Waals surface area contributed by atoms with E-state index in [1.807, 2.05) is 6.08 Å². The molecule has 0 saturated carbocycles. The van der Waals surface area contributed by atoms with Gasteiger partial charge in [-0.1, -0.05) is 296 Å². The number of unbranched alkanes of at least 4 members (excludes halogenated alkanes) is 42. The fourth-order valence-corrected chi connectivity index (χ4v) is 8.66. The topological polar surface area (TPSA) is 89.8 Å². The van der Waals surface area contributed by atoms with Crippen LogP contribution in [0.4, 0.5) is 0 Å². The second kappa shape index (κ2) is 49.7. The van der Waals surface area contributed by atoms with E-state index in [0.29, 0.717) is 6.42 Å². The Morgan fingerprint density at radius 1 is 0.407 bits per heavy atom. The van der Waals surface area contributed by atoms with Crippen molar-refractivity contribution in [1.29, 1.82) is 0 Å². The van der Waals surface area contributed by atoms with Crippen molar-refractivity contribution in [2.45, 2.75) is 321 Å². The van der Waals surface area contributed by atoms with Gasteiger partial charge in [-0.3, -0.25) is 4.79 Å². The first-order valence-electron chi connectivity index (χ1n) is 27.0. The van der Waals surface area contributed by atoms with Crippen LogP contribution < -0.4 is 5.32 Å². The van der Waals surface area contributed by atoms with Crippen molar-refractivity contribution in [2.24, 2.45) is 0 Å². The predicted octanol–water partition coefficient (Wildman–Crippen LogP) is 16.3. The summed E-state index contributed by atoms with van der Waals surface area (Å²) in [5, 5.41) is 33.3. The summed E-state index contributed by atoms with van der Waals surface area (Å²) in [5.74, 6) is -0.497. The van der Waals surface area contributed by atoms with Crippen LogP contribution in [0.1, 0.15) is 303 Å². The predicted molar refractivity (Wildman–Crippen MR) is 259 cm³/mol. The number of aliphatic hydroxyl groups excluding tert-OH is 3. The molecule has 1 amide bonds. The van der Waals surface area contributed by atoms with Crippen molar-refractivity contribution in [3.8, 4) is 0 Å². The molecule has 3 atom stereocenters. The zero-order valence-electron chi connectivity index (χ0n) is 40.2. The second-order valence-corrected chi connectivity index (χ2v) is 18.8. The van der Waals surface area contributed by atoms with Crippen molar-refractivity contribution in [1.82, 2.24) is 5.32 Å². The van der Waals surface area contributed by atoms with Gasteiger partial charge < -0.3 is 20.6 Å². The van der Waals surface area contributed by atoms with Crippen LogP contribution in [-0.2, 0) is 4.79 Å². The summed E-state index contributed by atoms with van der Waals surface area (Å²) in [5.41, 5.74) is 0. The molecule has 0 saturated heterocycles. The number of allylic oxidation sites excluding steroid dienone is 1. The van der Waals surface area contributed by atoms with Crippen LogP contribution in [0.25, 0.3) is 0 Å². The fraction of sp³-hybridized carbons (Fsp3) is 0.944. The molecule has 0 rings (SSSR count). The molecule has 0 aromatic heterocycles. The molecule has 5 heteroatoms. The van der Waals surface area contributed by atoms with Crippen LogP contribution in [0.2, 0.25) is 0 Å². The molecule has 0 radical (unpaired) electrons. The molecular formula is C54H107NO4. The summed E-state index contributed by atoms with van der Waals surface area (Å²) >= 11 is 0. The molecule has 0 bridgehead atoms. The van der Waals surface area contributed by atoms with E-state index in [-0.39, 0.29) is 6.61 Å². The average Bonchev–Trinajstić information content (AvgIpc) is 3.24. The molecule has 0 aliphatic heterocycles. The maximum absolute atomic E-state index is 12.5. The number of amides is 1. The van der Waals surface area contributed by atoms with Gasteiger partial charge in [0, 0.05) is 0 Å². The molecule has 5 nitrogen and oxygen atoms in total. The van der Waals surface area contributed by atoms with E-state index in [1.165, 1.54) is 250 Å². The van der Waals surface area contributed by atoms with E-state index < -0.39 is 24.2 Å². The molecule has 0 aromatic rings. The van der Waals surface area contributed by atoms with E-state index in [0.717, 1.165) is 32.1 Å². The Hall–Kier alpha value is -0.910. The Morgan fingerprint density at radius 3 is 0.932 bits per heavy atom. The van der Waals surface area contributed by atoms with Crippen molar-refractivity contribution < 1.29 is 20.1 Å². The van der Waals surface area contributed by atoms with Crippen LogP contribution >= 0.6 is 0 Å². The highest BCUT2D eigenvalue weighted by molar-refractivity contribution is 5.80. The van der Waals surface area contributed by atoms with Gasteiger partial charge in [0.25, 0.3) is 0 Å². The number of carbonyl (C=O) groups excluding carboxylic acids is 1. The Balaban J connectivity index is 3.49. The van der Waals surface area contributed by atoms with Crippen molar-refractivity contribution in [2.75, 3.05) is 6.61 Å². The van der Waals surface area contributed by atoms with Crippen LogP contribution in [0, 0.1) is 0 Å². The van der Waals surface area contributed by atoms with Gasteiger partial charge in [-0.2, -0.15) is 0 Å². The minimum Gasteiger partial charge on any atom is -0.394 e. The quantitative estimate of drug-likeness (QED) is 0.0363. The third-order valence-electron chi connectivity index (χ3n) is 12.9. The number of aliphatic hydroxyl groups is 3. The van der Waals surface area contributed by atoms with Gasteiger partial charge in [0.1, 0.15) is 6.10 Å². The van der Waals surface area contributed by atoms with Gasteiger partial charge in [-0.05, 0) is 19.3 Å². The lowest BCUT2D eigenvalue weighted by molar-refractivity contribution is -0.131. The fourth-order valence-electron chi connectivity index (χ4n) is 8.66. The number of hydrogen-bond acceptors (Lipinski definition) is 4. The number of carbonyl (C=O) groups is 1. The monoisotopic (exact) mass is 834 g/mol. The highest BCUT2D eigenvalue weighted by Crippen LogP contribution is 2.18. The SMILES string of the molecule is CCCCCCCCCCCCCCC/C=C/C(O)C(CO)NC(=O)C(O)CCCCCCCCCCCCCCCCCCCCCCCCCCCCCCCC. The van der Waals surface area contributed by atoms with Gasteiger partial charge in [0.15, 0.2) is 0 Å². The molecule has 59 heavy (non-hydrogen) atoms. The summed E-state index contributed by atoms with van der Waals surface area (Å²) in [6.45, 7) is 4.21. The first kappa shape index (κ1) is 58.1. The summed E-state index contributed by atoms with van der Waals surface area (Å²) < 4.78 is 0. The van der Waals surface area contributed by atoms with Crippen LogP contribution in [0.5, 0.6) is 0 Å². The second-order valence-electron chi connectivity index (χ2n) is 18.8. The Kier molecular flexibility index (Phi) is 49.0. The van der Waals surface area contributed by atoms with Crippen LogP contribution in [-0.4, -0.2) is 46.1 Å². The van der Waals surface area contributed by atoms with E-state index in [2.05, 4.69) is 19.2 Å². The van der Waals surface area contributed by atoms with E-state index in [4.69, 9.17) is 0 Å². The number of hydrogen-bond donors (Lipinski definition) is 4. The first-order chi connectivity index (χ1) is 29.1. The molecule has 0 fully saturated rings. The van der Waals surface area contributed by atoms with Gasteiger partial charge in [0.2, 0.25) is 5.91 Å². The van der Waals surface area contributed by atoms with Gasteiger partial charge >= 0.3 is 0 Å². The highest BCUT2D eigenvalue weighted by atomic mass is 16.3. The zero-order chi connectivity index (χ0) is 43.0. The molecule has 352 valence electrons. The minimum absolute atomic E-state index is 0.359. The summed E-state index contributed by atoms with van der Waals surface area (Å²) in [6, 6.07) is -0.793. The van der Waals surface area contributed by atoms with E-state index in [9.17, 15) is 20.1 Å². The molecule has 3 unspecified atom stereocenters. The molecule has 0 aromatic carbocycles. The molecule has 4 N–H and O–H groups in total. The molecule has 0 heterocycles. The van der Waals surface area contributed by atoms with E-state index in [1.54, 1.807) is 6.08 Å². The summed E-state index contributed by atoms with van der Waals surface area (Å²) in [6.07, 6.45) is 61.5. The Labute approximate surface area is 369 Å². The first-order valence-corrected chi connectivity index (χ1v) is 27.0. The Bertz CT molecular complexity index is 833. The van der Waals surface area contributed by atoms with E-state index >= 15 is 0 Å². The van der Waals surface area contributed by atoms with Crippen LogP contribution in [0.15, 0.2) is 12.2 Å². The third kappa shape index (κ3) is 44.9. The summed E-state index contributed by atoms with van der Waals surface area (Å²) in [7, 11) is 0. The molecule has 0 aliphatic carbocycles. The van der Waals surface area contributed by atoms with Crippen molar-refractivity contribution in [3.63, 3.8) is 0 Å². The molecule has 0 spiro atoms. The number of nitrogens with one attached hydrogen (secondary N) is 1. The third-order valence-corrected chi connectivity index (χ3v) is 12.9. The van der Waals surface area contributed by atoms with Crippen molar-refractivity contribution in [3.05, 3.63) is 12.2 Å². The maximum Gasteiger partial charge on any atom is 0.249 e. The van der Waals surface area contributed by atoms with Gasteiger partial charge in [-0.25, -0.2) is 0 Å². The lowest BCUT2D eigenvalue weighted by Crippen LogP contribution is -2.48. The maximum atomic E-state index is 12.5. The summed E-state index contributed by atoms with van der Waals surface area (Å²) in [4.78, 5) is 12.5. The lowest BCUT2D eigenvalue weighted by Gasteiger charge is -2.21. The van der Waals surface area contributed by atoms with Crippen molar-refractivity contribution >= 4 is 5.91 Å². The minimum atomic E-state index is -1.09. The van der Waals surface area contributed by atoms with Crippen LogP contribution in [0.3, 0.4) is 0 Å². The smallest absolute Gasteiger partial charge is 0.249 e. The van der Waals surface area contributed by atoms with Gasteiger partial charge in [-0.15, -0.1) is 0 Å². The normalized spacial score (nSPS) is 13.4. The average molecular weight is 834 g/mol. The molecule has 0 aliphatic rings. The Morgan fingerprint density at radius 2 is 0.661 bits per heavy atom.